The highest BCUT2D eigenvalue weighted by molar-refractivity contribution is 7.89. The van der Waals surface area contributed by atoms with E-state index in [1.165, 1.54) is 0 Å². The molecule has 1 unspecified atom stereocenters. The summed E-state index contributed by atoms with van der Waals surface area (Å²) in [7, 11) is -3.14. The Morgan fingerprint density at radius 2 is 2.35 bits per heavy atom. The van der Waals surface area contributed by atoms with Crippen LogP contribution in [0.15, 0.2) is 17.5 Å². The van der Waals surface area contributed by atoms with Crippen molar-refractivity contribution in [3.63, 3.8) is 0 Å². The maximum absolute atomic E-state index is 12.2. The van der Waals surface area contributed by atoms with Gasteiger partial charge in [0.2, 0.25) is 10.0 Å². The Morgan fingerprint density at radius 1 is 1.53 bits per heavy atom. The van der Waals surface area contributed by atoms with Crippen molar-refractivity contribution in [1.29, 1.82) is 0 Å². The molecule has 17 heavy (non-hydrogen) atoms. The molecule has 96 valence electrons. The van der Waals surface area contributed by atoms with Crippen molar-refractivity contribution in [2.75, 3.05) is 18.8 Å². The highest BCUT2D eigenvalue weighted by Gasteiger charge is 2.32. The van der Waals surface area contributed by atoms with Gasteiger partial charge in [0.05, 0.1) is 5.75 Å². The zero-order valence-corrected chi connectivity index (χ0v) is 11.3. The molecule has 1 saturated heterocycles. The summed E-state index contributed by atoms with van der Waals surface area (Å²) >= 11 is 1.61. The Morgan fingerprint density at radius 3 is 3.00 bits per heavy atom. The van der Waals surface area contributed by atoms with E-state index in [4.69, 9.17) is 5.73 Å². The number of aryl methyl sites for hydroxylation is 1. The van der Waals surface area contributed by atoms with Crippen LogP contribution in [0.25, 0.3) is 0 Å². The minimum absolute atomic E-state index is 0.0170. The molecular formula is C11H18N2O2S2. The van der Waals surface area contributed by atoms with Crippen molar-refractivity contribution in [3.05, 3.63) is 22.4 Å². The van der Waals surface area contributed by atoms with Gasteiger partial charge in [-0.25, -0.2) is 8.42 Å². The summed E-state index contributed by atoms with van der Waals surface area (Å²) in [6.45, 7) is 1.06. The minimum atomic E-state index is -3.14. The molecule has 1 aliphatic heterocycles. The van der Waals surface area contributed by atoms with Gasteiger partial charge >= 0.3 is 0 Å². The lowest BCUT2D eigenvalue weighted by molar-refractivity contribution is 0.393. The van der Waals surface area contributed by atoms with Crippen LogP contribution in [-0.2, 0) is 16.4 Å². The van der Waals surface area contributed by atoms with Crippen LogP contribution in [0.2, 0.25) is 0 Å². The summed E-state index contributed by atoms with van der Waals surface area (Å²) in [4.78, 5) is 1.12. The Labute approximate surface area is 106 Å². The summed E-state index contributed by atoms with van der Waals surface area (Å²) in [6.07, 6.45) is 2.43. The molecule has 1 aliphatic rings. The normalized spacial score (nSPS) is 22.1. The molecule has 0 bridgehead atoms. The molecule has 0 aromatic carbocycles. The Kier molecular flexibility index (Phi) is 4.19. The molecule has 6 heteroatoms. The van der Waals surface area contributed by atoms with Crippen LogP contribution in [0.1, 0.15) is 17.7 Å². The van der Waals surface area contributed by atoms with Crippen molar-refractivity contribution in [1.82, 2.24) is 4.31 Å². The molecule has 1 aromatic heterocycles. The lowest BCUT2D eigenvalue weighted by Crippen LogP contribution is -2.41. The average molecular weight is 274 g/mol. The van der Waals surface area contributed by atoms with E-state index in [1.807, 2.05) is 17.5 Å². The lowest BCUT2D eigenvalue weighted by Gasteiger charge is -2.22. The van der Waals surface area contributed by atoms with Gasteiger partial charge in [0, 0.05) is 24.0 Å². The lowest BCUT2D eigenvalue weighted by atomic mass is 10.2. The van der Waals surface area contributed by atoms with Crippen molar-refractivity contribution in [3.8, 4) is 0 Å². The third kappa shape index (κ3) is 3.07. The van der Waals surface area contributed by atoms with Crippen molar-refractivity contribution < 1.29 is 8.42 Å². The van der Waals surface area contributed by atoms with Gasteiger partial charge in [-0.2, -0.15) is 4.31 Å². The Balaban J connectivity index is 1.98. The van der Waals surface area contributed by atoms with Crippen molar-refractivity contribution >= 4 is 21.4 Å². The SMILES string of the molecule is NCC1CCCN1S(=O)(=O)CCc1cccs1. The van der Waals surface area contributed by atoms with E-state index in [0.29, 0.717) is 19.5 Å². The van der Waals surface area contributed by atoms with Crippen molar-refractivity contribution in [2.24, 2.45) is 5.73 Å². The second-order valence-corrected chi connectivity index (χ2v) is 7.36. The predicted octanol–water partition coefficient (Wildman–Crippen LogP) is 1.04. The largest absolute Gasteiger partial charge is 0.329 e. The molecule has 1 aromatic rings. The highest BCUT2D eigenvalue weighted by atomic mass is 32.2. The molecule has 2 rings (SSSR count). The van der Waals surface area contributed by atoms with E-state index in [-0.39, 0.29) is 11.8 Å². The molecule has 0 aliphatic carbocycles. The Bertz CT molecular complexity index is 442. The zero-order chi connectivity index (χ0) is 12.3. The van der Waals surface area contributed by atoms with E-state index in [1.54, 1.807) is 15.6 Å². The van der Waals surface area contributed by atoms with Crippen LogP contribution in [0.5, 0.6) is 0 Å². The maximum Gasteiger partial charge on any atom is 0.214 e. The topological polar surface area (TPSA) is 63.4 Å². The van der Waals surface area contributed by atoms with Crippen LogP contribution in [0, 0.1) is 0 Å². The second-order valence-electron chi connectivity index (χ2n) is 4.29. The standard InChI is InChI=1S/C11H18N2O2S2/c12-9-10-3-1-6-13(10)17(14,15)8-5-11-4-2-7-16-11/h2,4,7,10H,1,3,5-6,8-9,12H2. The van der Waals surface area contributed by atoms with E-state index >= 15 is 0 Å². The fourth-order valence-electron chi connectivity index (χ4n) is 2.21. The molecule has 2 N–H and O–H groups in total. The molecular weight excluding hydrogens is 256 g/mol. The van der Waals surface area contributed by atoms with E-state index in [9.17, 15) is 8.42 Å². The second kappa shape index (κ2) is 5.48. The first-order chi connectivity index (χ1) is 8.13. The first-order valence-corrected chi connectivity index (χ1v) is 8.34. The number of hydrogen-bond acceptors (Lipinski definition) is 4. The number of nitrogens with two attached hydrogens (primary N) is 1. The number of rotatable bonds is 5. The highest BCUT2D eigenvalue weighted by Crippen LogP contribution is 2.21. The summed E-state index contributed by atoms with van der Waals surface area (Å²) in [5.41, 5.74) is 5.61. The van der Waals surface area contributed by atoms with E-state index in [0.717, 1.165) is 17.7 Å². The van der Waals surface area contributed by atoms with Crippen LogP contribution in [0.3, 0.4) is 0 Å². The summed E-state index contributed by atoms with van der Waals surface area (Å²) in [5, 5.41) is 1.97. The predicted molar refractivity (Wildman–Crippen MR) is 70.6 cm³/mol. The fourth-order valence-corrected chi connectivity index (χ4v) is 4.82. The molecule has 0 amide bonds. The Hall–Kier alpha value is -0.430. The first kappa shape index (κ1) is 13.0. The first-order valence-electron chi connectivity index (χ1n) is 5.85. The molecule has 0 spiro atoms. The molecule has 2 heterocycles. The third-order valence-corrected chi connectivity index (χ3v) is 5.99. The minimum Gasteiger partial charge on any atom is -0.329 e. The van der Waals surface area contributed by atoms with Gasteiger partial charge in [0.1, 0.15) is 0 Å². The summed E-state index contributed by atoms with van der Waals surface area (Å²) < 4.78 is 25.9. The van der Waals surface area contributed by atoms with Crippen LogP contribution in [0.4, 0.5) is 0 Å². The number of hydrogen-bond donors (Lipinski definition) is 1. The van der Waals surface area contributed by atoms with Crippen molar-refractivity contribution in [2.45, 2.75) is 25.3 Å². The van der Waals surface area contributed by atoms with Gasteiger partial charge in [-0.05, 0) is 30.7 Å². The number of thiophene rings is 1. The van der Waals surface area contributed by atoms with Gasteiger partial charge in [-0.1, -0.05) is 6.07 Å². The summed E-state index contributed by atoms with van der Waals surface area (Å²) in [5.74, 6) is 0.198. The number of sulfonamides is 1. The van der Waals surface area contributed by atoms with Crippen LogP contribution >= 0.6 is 11.3 Å². The molecule has 0 saturated carbocycles. The number of nitrogens with zero attached hydrogens (tertiary/aromatic N) is 1. The van der Waals surface area contributed by atoms with Gasteiger partial charge in [0.15, 0.2) is 0 Å². The zero-order valence-electron chi connectivity index (χ0n) is 9.71. The quantitative estimate of drug-likeness (QED) is 0.872. The fraction of sp³-hybridized carbons (Fsp3) is 0.636. The molecule has 1 atom stereocenters. The maximum atomic E-state index is 12.2. The van der Waals surface area contributed by atoms with E-state index < -0.39 is 10.0 Å². The molecule has 1 fully saturated rings. The smallest absolute Gasteiger partial charge is 0.214 e. The van der Waals surface area contributed by atoms with Gasteiger partial charge in [-0.3, -0.25) is 0 Å². The monoisotopic (exact) mass is 274 g/mol. The average Bonchev–Trinajstić information content (AvgIpc) is 2.97. The van der Waals surface area contributed by atoms with E-state index in [2.05, 4.69) is 0 Å². The summed E-state index contributed by atoms with van der Waals surface area (Å²) in [6, 6.07) is 3.94. The molecule has 4 nitrogen and oxygen atoms in total. The third-order valence-electron chi connectivity index (χ3n) is 3.14. The van der Waals surface area contributed by atoms with Gasteiger partial charge in [-0.15, -0.1) is 11.3 Å². The molecule has 0 radical (unpaired) electrons. The van der Waals surface area contributed by atoms with Crippen LogP contribution < -0.4 is 5.73 Å². The van der Waals surface area contributed by atoms with Gasteiger partial charge < -0.3 is 5.73 Å². The van der Waals surface area contributed by atoms with Gasteiger partial charge in [0.25, 0.3) is 0 Å². The van der Waals surface area contributed by atoms with Crippen LogP contribution in [-0.4, -0.2) is 37.6 Å².